The van der Waals surface area contributed by atoms with Crippen molar-refractivity contribution in [1.29, 1.82) is 0 Å². The van der Waals surface area contributed by atoms with E-state index in [1.807, 2.05) is 11.3 Å². The molecule has 3 N–H and O–H groups in total. The van der Waals surface area contributed by atoms with Crippen molar-refractivity contribution in [3.05, 3.63) is 20.8 Å². The lowest BCUT2D eigenvalue weighted by Crippen LogP contribution is -2.41. The fourth-order valence-corrected chi connectivity index (χ4v) is 4.64. The maximum Gasteiger partial charge on any atom is 0.0287 e. The van der Waals surface area contributed by atoms with Gasteiger partial charge in [-0.25, -0.2) is 0 Å². The Bertz CT molecular complexity index is 369. The highest BCUT2D eigenvalue weighted by Gasteiger charge is 2.47. The van der Waals surface area contributed by atoms with Crippen molar-refractivity contribution in [2.75, 3.05) is 0 Å². The topological polar surface area (TPSA) is 38.0 Å². The van der Waals surface area contributed by atoms with E-state index in [9.17, 15) is 0 Å². The van der Waals surface area contributed by atoms with Gasteiger partial charge in [0.05, 0.1) is 0 Å². The Labute approximate surface area is 109 Å². The van der Waals surface area contributed by atoms with E-state index < -0.39 is 0 Å². The van der Waals surface area contributed by atoms with E-state index in [4.69, 9.17) is 5.84 Å². The van der Waals surface area contributed by atoms with Gasteiger partial charge in [-0.1, -0.05) is 0 Å². The number of thiophene rings is 1. The van der Waals surface area contributed by atoms with Gasteiger partial charge in [0.1, 0.15) is 0 Å². The third kappa shape index (κ3) is 2.21. The predicted molar refractivity (Wildman–Crippen MR) is 71.2 cm³/mol. The molecule has 0 spiro atoms. The van der Waals surface area contributed by atoms with E-state index in [2.05, 4.69) is 32.8 Å². The number of hydrogen-bond acceptors (Lipinski definition) is 3. The standard InChI is InChI=1S/C12H17BrN2S/c13-10-4-11(16-6-10)5-12(15-14)9-2-7-1-8(7)3-9/h4,6-9,12,15H,1-3,5,14H2. The first-order valence-corrected chi connectivity index (χ1v) is 7.62. The molecule has 0 aromatic carbocycles. The quantitative estimate of drug-likeness (QED) is 0.663. The van der Waals surface area contributed by atoms with Gasteiger partial charge >= 0.3 is 0 Å². The molecule has 2 saturated carbocycles. The van der Waals surface area contributed by atoms with Crippen molar-refractivity contribution >= 4 is 27.3 Å². The van der Waals surface area contributed by atoms with Crippen LogP contribution in [0.3, 0.4) is 0 Å². The minimum absolute atomic E-state index is 0.471. The monoisotopic (exact) mass is 300 g/mol. The summed E-state index contributed by atoms with van der Waals surface area (Å²) in [6.07, 6.45) is 5.35. The van der Waals surface area contributed by atoms with Gasteiger partial charge < -0.3 is 0 Å². The zero-order chi connectivity index (χ0) is 11.1. The minimum Gasteiger partial charge on any atom is -0.271 e. The lowest BCUT2D eigenvalue weighted by Gasteiger charge is -2.23. The Morgan fingerprint density at radius 2 is 2.19 bits per heavy atom. The van der Waals surface area contributed by atoms with E-state index in [1.54, 1.807) is 0 Å². The summed E-state index contributed by atoms with van der Waals surface area (Å²) in [5.41, 5.74) is 3.03. The smallest absolute Gasteiger partial charge is 0.0287 e. The van der Waals surface area contributed by atoms with Crippen molar-refractivity contribution in [3.63, 3.8) is 0 Å². The van der Waals surface area contributed by atoms with Crippen LogP contribution in [0.1, 0.15) is 24.1 Å². The van der Waals surface area contributed by atoms with Crippen LogP contribution in [0.25, 0.3) is 0 Å². The highest BCUT2D eigenvalue weighted by atomic mass is 79.9. The Morgan fingerprint density at radius 1 is 1.44 bits per heavy atom. The lowest BCUT2D eigenvalue weighted by atomic mass is 9.92. The van der Waals surface area contributed by atoms with Crippen LogP contribution in [-0.2, 0) is 6.42 Å². The average Bonchev–Trinajstić information content (AvgIpc) is 2.71. The summed E-state index contributed by atoms with van der Waals surface area (Å²) >= 11 is 5.32. The predicted octanol–water partition coefficient (Wildman–Crippen LogP) is 2.93. The number of nitrogens with two attached hydrogens (primary N) is 1. The molecule has 0 bridgehead atoms. The van der Waals surface area contributed by atoms with Gasteiger partial charge in [0, 0.05) is 20.8 Å². The maximum absolute atomic E-state index is 5.71. The first-order chi connectivity index (χ1) is 7.76. The third-order valence-corrected chi connectivity index (χ3v) is 5.83. The van der Waals surface area contributed by atoms with Crippen LogP contribution < -0.4 is 11.3 Å². The molecule has 3 atom stereocenters. The van der Waals surface area contributed by atoms with Crippen molar-refractivity contribution in [3.8, 4) is 0 Å². The highest BCUT2D eigenvalue weighted by Crippen LogP contribution is 2.55. The molecule has 0 saturated heterocycles. The molecule has 2 nitrogen and oxygen atoms in total. The number of halogens is 1. The zero-order valence-electron chi connectivity index (χ0n) is 9.16. The number of nitrogens with one attached hydrogen (secondary N) is 1. The van der Waals surface area contributed by atoms with Gasteiger partial charge in [-0.2, -0.15) is 0 Å². The van der Waals surface area contributed by atoms with Crippen molar-refractivity contribution in [2.24, 2.45) is 23.6 Å². The number of fused-ring (bicyclic) bond motifs is 1. The molecule has 1 aromatic rings. The molecule has 0 amide bonds. The molecule has 2 fully saturated rings. The van der Waals surface area contributed by atoms with E-state index in [0.29, 0.717) is 6.04 Å². The highest BCUT2D eigenvalue weighted by molar-refractivity contribution is 9.10. The van der Waals surface area contributed by atoms with Crippen molar-refractivity contribution in [2.45, 2.75) is 31.7 Å². The summed E-state index contributed by atoms with van der Waals surface area (Å²) in [5, 5.41) is 2.15. The van der Waals surface area contributed by atoms with E-state index in [-0.39, 0.29) is 0 Å². The summed E-state index contributed by atoms with van der Waals surface area (Å²) in [4.78, 5) is 1.43. The van der Waals surface area contributed by atoms with Gasteiger partial charge in [-0.3, -0.25) is 11.3 Å². The number of hydrazine groups is 1. The molecule has 2 aliphatic carbocycles. The van der Waals surface area contributed by atoms with E-state index in [1.165, 1.54) is 28.6 Å². The molecule has 16 heavy (non-hydrogen) atoms. The van der Waals surface area contributed by atoms with E-state index >= 15 is 0 Å². The Balaban J connectivity index is 1.62. The molecule has 1 aromatic heterocycles. The second-order valence-electron chi connectivity index (χ2n) is 5.20. The Morgan fingerprint density at radius 3 is 2.75 bits per heavy atom. The van der Waals surface area contributed by atoms with Gasteiger partial charge in [0.15, 0.2) is 0 Å². The molecule has 0 radical (unpaired) electrons. The molecular weight excluding hydrogens is 284 g/mol. The van der Waals surface area contributed by atoms with Crippen molar-refractivity contribution in [1.82, 2.24) is 5.43 Å². The zero-order valence-corrected chi connectivity index (χ0v) is 11.6. The summed E-state index contributed by atoms with van der Waals surface area (Å²) in [5.74, 6) is 8.59. The largest absolute Gasteiger partial charge is 0.271 e. The van der Waals surface area contributed by atoms with Crippen LogP contribution in [0, 0.1) is 17.8 Å². The van der Waals surface area contributed by atoms with Gasteiger partial charge in [0.2, 0.25) is 0 Å². The van der Waals surface area contributed by atoms with Crippen molar-refractivity contribution < 1.29 is 0 Å². The Kier molecular flexibility index (Phi) is 3.09. The SMILES string of the molecule is NNC(Cc1cc(Br)cs1)C1CC2CC2C1. The second-order valence-corrected chi connectivity index (χ2v) is 7.11. The van der Waals surface area contributed by atoms with Crippen LogP contribution in [0.2, 0.25) is 0 Å². The maximum atomic E-state index is 5.71. The van der Waals surface area contributed by atoms with Gasteiger partial charge in [0.25, 0.3) is 0 Å². The van der Waals surface area contributed by atoms with Gasteiger partial charge in [-0.05, 0) is 65.4 Å². The number of rotatable bonds is 4. The fraction of sp³-hybridized carbons (Fsp3) is 0.667. The van der Waals surface area contributed by atoms with Crippen LogP contribution in [0.4, 0.5) is 0 Å². The molecule has 3 rings (SSSR count). The molecule has 88 valence electrons. The molecule has 3 unspecified atom stereocenters. The molecule has 2 aliphatic rings. The normalized spacial score (nSPS) is 33.8. The van der Waals surface area contributed by atoms with Crippen LogP contribution in [-0.4, -0.2) is 6.04 Å². The minimum atomic E-state index is 0.471. The summed E-state index contributed by atoms with van der Waals surface area (Å²) in [6.45, 7) is 0. The van der Waals surface area contributed by atoms with Crippen LogP contribution in [0.15, 0.2) is 15.9 Å². The second kappa shape index (κ2) is 4.41. The summed E-state index contributed by atoms with van der Waals surface area (Å²) in [7, 11) is 0. The van der Waals surface area contributed by atoms with E-state index in [0.717, 1.165) is 24.2 Å². The average molecular weight is 301 g/mol. The molecule has 1 heterocycles. The molecule has 0 aliphatic heterocycles. The van der Waals surface area contributed by atoms with Crippen LogP contribution in [0.5, 0.6) is 0 Å². The Hall–Kier alpha value is 0.1000. The fourth-order valence-electron chi connectivity index (χ4n) is 3.13. The molecule has 4 heteroatoms. The van der Waals surface area contributed by atoms with Crippen LogP contribution >= 0.6 is 27.3 Å². The lowest BCUT2D eigenvalue weighted by molar-refractivity contribution is 0.337. The summed E-state index contributed by atoms with van der Waals surface area (Å²) in [6, 6.07) is 2.68. The first-order valence-electron chi connectivity index (χ1n) is 5.95. The molecular formula is C12H17BrN2S. The summed E-state index contributed by atoms with van der Waals surface area (Å²) < 4.78 is 1.19. The van der Waals surface area contributed by atoms with Gasteiger partial charge in [-0.15, -0.1) is 11.3 Å². The third-order valence-electron chi connectivity index (χ3n) is 4.11. The first kappa shape index (κ1) is 11.2. The number of hydrogen-bond donors (Lipinski definition) is 2.